The summed E-state index contributed by atoms with van der Waals surface area (Å²) in [5, 5.41) is 33.2. The molecule has 11 nitrogen and oxygen atoms in total. The maximum absolute atomic E-state index is 13.5. The summed E-state index contributed by atoms with van der Waals surface area (Å²) < 4.78 is 0. The lowest BCUT2D eigenvalue weighted by Crippen LogP contribution is -2.73. The molecule has 0 saturated heterocycles. The Labute approximate surface area is 182 Å². The summed E-state index contributed by atoms with van der Waals surface area (Å²) >= 11 is 0. The van der Waals surface area contributed by atoms with Crippen molar-refractivity contribution < 1.29 is 34.3 Å². The molecule has 4 rings (SSSR count). The van der Waals surface area contributed by atoms with Gasteiger partial charge in [-0.15, -0.1) is 0 Å². The van der Waals surface area contributed by atoms with Gasteiger partial charge in [-0.25, -0.2) is 0 Å². The maximum Gasteiger partial charge on any atom is 0.273 e. The number of nitro benzene ring substituents is 1. The van der Waals surface area contributed by atoms with Gasteiger partial charge in [0.1, 0.15) is 5.75 Å². The molecule has 0 heterocycles. The minimum absolute atomic E-state index is 0.0605. The van der Waals surface area contributed by atoms with Gasteiger partial charge in [-0.2, -0.15) is 0 Å². The highest BCUT2D eigenvalue weighted by molar-refractivity contribution is 6.29. The van der Waals surface area contributed by atoms with Gasteiger partial charge < -0.3 is 15.9 Å². The fourth-order valence-electron chi connectivity index (χ4n) is 5.87. The van der Waals surface area contributed by atoms with Crippen molar-refractivity contribution in [2.45, 2.75) is 30.9 Å². The first-order valence-electron chi connectivity index (χ1n) is 10.2. The second-order valence-corrected chi connectivity index (χ2v) is 9.08. The highest BCUT2D eigenvalue weighted by Crippen LogP contribution is 2.51. The zero-order valence-corrected chi connectivity index (χ0v) is 17.5. The van der Waals surface area contributed by atoms with Crippen molar-refractivity contribution in [2.24, 2.45) is 29.4 Å². The van der Waals surface area contributed by atoms with E-state index in [2.05, 4.69) is 0 Å². The number of benzene rings is 1. The Hall–Kier alpha value is -3.18. The van der Waals surface area contributed by atoms with Gasteiger partial charge in [0.2, 0.25) is 5.91 Å². The first-order chi connectivity index (χ1) is 14.9. The summed E-state index contributed by atoms with van der Waals surface area (Å²) in [6.45, 7) is 0. The summed E-state index contributed by atoms with van der Waals surface area (Å²) in [6, 6.07) is 1.27. The van der Waals surface area contributed by atoms with Crippen molar-refractivity contribution in [3.05, 3.63) is 33.4 Å². The smallest absolute Gasteiger partial charge is 0.273 e. The lowest BCUT2D eigenvalue weighted by Gasteiger charge is -2.53. The second kappa shape index (κ2) is 7.17. The van der Waals surface area contributed by atoms with Crippen LogP contribution in [0.4, 0.5) is 5.69 Å². The fourth-order valence-corrected chi connectivity index (χ4v) is 5.87. The molecule has 170 valence electrons. The van der Waals surface area contributed by atoms with Gasteiger partial charge in [0.05, 0.1) is 11.0 Å². The third-order valence-corrected chi connectivity index (χ3v) is 7.28. The molecule has 1 amide bonds. The van der Waals surface area contributed by atoms with Crippen LogP contribution in [0.25, 0.3) is 0 Å². The number of nitrogens with zero attached hydrogens (tertiary/aromatic N) is 2. The zero-order chi connectivity index (χ0) is 23.7. The number of carbonyl (C=O) groups is 4. The summed E-state index contributed by atoms with van der Waals surface area (Å²) in [4.78, 5) is 63.9. The molecule has 0 spiro atoms. The number of phenols is 1. The predicted molar refractivity (Wildman–Crippen MR) is 107 cm³/mol. The summed E-state index contributed by atoms with van der Waals surface area (Å²) in [7, 11) is 3.07. The minimum Gasteiger partial charge on any atom is -0.508 e. The average Bonchev–Trinajstić information content (AvgIpc) is 2.69. The van der Waals surface area contributed by atoms with Gasteiger partial charge >= 0.3 is 0 Å². The number of ketones is 3. The van der Waals surface area contributed by atoms with Gasteiger partial charge in [-0.3, -0.25) is 34.2 Å². The van der Waals surface area contributed by atoms with Crippen LogP contribution in [0.2, 0.25) is 0 Å². The number of aliphatic hydroxyl groups is 1. The summed E-state index contributed by atoms with van der Waals surface area (Å²) in [5.41, 5.74) is 3.04. The first kappa shape index (κ1) is 22.0. The lowest BCUT2D eigenvalue weighted by molar-refractivity contribution is -0.385. The summed E-state index contributed by atoms with van der Waals surface area (Å²) in [5.74, 6) is -8.73. The van der Waals surface area contributed by atoms with Crippen LogP contribution >= 0.6 is 0 Å². The number of nitro groups is 1. The molecule has 0 aromatic heterocycles. The van der Waals surface area contributed by atoms with Gasteiger partial charge in [-0.05, 0) is 45.3 Å². The number of phenolic OH excluding ortho intramolecular Hbond substituents is 1. The van der Waals surface area contributed by atoms with Crippen molar-refractivity contribution in [1.29, 1.82) is 0 Å². The van der Waals surface area contributed by atoms with E-state index in [1.807, 2.05) is 0 Å². The van der Waals surface area contributed by atoms with Crippen molar-refractivity contribution in [1.82, 2.24) is 4.90 Å². The molecule has 4 N–H and O–H groups in total. The van der Waals surface area contributed by atoms with Crippen molar-refractivity contribution in [3.8, 4) is 5.75 Å². The van der Waals surface area contributed by atoms with Crippen LogP contribution in [-0.4, -0.2) is 69.0 Å². The third-order valence-electron chi connectivity index (χ3n) is 7.28. The molecule has 1 aromatic rings. The molecule has 3 aliphatic rings. The first-order valence-corrected chi connectivity index (χ1v) is 10.2. The fraction of sp³-hybridized carbons (Fsp3) is 0.524. The number of Topliss-reactive ketones (excluding diaryl/α,β-unsaturated/α-hetero) is 3. The van der Waals surface area contributed by atoms with E-state index in [-0.39, 0.29) is 36.3 Å². The van der Waals surface area contributed by atoms with E-state index in [4.69, 9.17) is 5.73 Å². The van der Waals surface area contributed by atoms with Crippen LogP contribution in [0.15, 0.2) is 12.1 Å². The molecule has 4 unspecified atom stereocenters. The number of rotatable bonds is 3. The molecule has 1 aromatic carbocycles. The van der Waals surface area contributed by atoms with E-state index in [1.54, 1.807) is 0 Å². The number of likely N-dealkylation sites (N-methyl/N-ethyl adjacent to an activating group) is 1. The number of carbonyl (C=O) groups excluding carboxylic acids is 4. The SMILES string of the molecule is CN(C)[C@H]1C(=O)C(C(N)=O)C(=O)[C@]2(O)C(=O)C3Cc4c(O)ccc([N+](=O)[O-])c4CC3CC12. The Kier molecular flexibility index (Phi) is 4.94. The van der Waals surface area contributed by atoms with E-state index in [9.17, 15) is 39.5 Å². The Bertz CT molecular complexity index is 1080. The van der Waals surface area contributed by atoms with Crippen molar-refractivity contribution in [3.63, 3.8) is 0 Å². The van der Waals surface area contributed by atoms with E-state index in [0.717, 1.165) is 0 Å². The lowest BCUT2D eigenvalue weighted by atomic mass is 9.52. The van der Waals surface area contributed by atoms with Gasteiger partial charge in [0.25, 0.3) is 5.69 Å². The number of hydrogen-bond donors (Lipinski definition) is 3. The van der Waals surface area contributed by atoms with E-state index >= 15 is 0 Å². The van der Waals surface area contributed by atoms with Crippen LogP contribution in [-0.2, 0) is 32.0 Å². The number of nitrogens with two attached hydrogens (primary N) is 1. The van der Waals surface area contributed by atoms with Gasteiger partial charge in [0, 0.05) is 29.0 Å². The molecular weight excluding hydrogens is 422 g/mol. The number of amides is 1. The molecule has 0 aliphatic heterocycles. The molecule has 6 atom stereocenters. The third kappa shape index (κ3) is 2.81. The highest BCUT2D eigenvalue weighted by Gasteiger charge is 2.68. The minimum atomic E-state index is -2.59. The molecule has 3 aliphatic carbocycles. The number of hydrogen-bond acceptors (Lipinski definition) is 9. The van der Waals surface area contributed by atoms with Crippen LogP contribution in [0.3, 0.4) is 0 Å². The second-order valence-electron chi connectivity index (χ2n) is 9.08. The Morgan fingerprint density at radius 1 is 1.19 bits per heavy atom. The van der Waals surface area contributed by atoms with Crippen molar-refractivity contribution >= 4 is 28.9 Å². The van der Waals surface area contributed by atoms with E-state index in [0.29, 0.717) is 5.56 Å². The highest BCUT2D eigenvalue weighted by atomic mass is 16.6. The normalized spacial score (nSPS) is 34.0. The van der Waals surface area contributed by atoms with Crippen LogP contribution in [0.5, 0.6) is 5.75 Å². The zero-order valence-electron chi connectivity index (χ0n) is 17.5. The number of fused-ring (bicyclic) bond motifs is 3. The topological polar surface area (TPSA) is 181 Å². The van der Waals surface area contributed by atoms with Crippen LogP contribution in [0.1, 0.15) is 17.5 Å². The molecule has 0 radical (unpaired) electrons. The van der Waals surface area contributed by atoms with Crippen LogP contribution < -0.4 is 5.73 Å². The quantitative estimate of drug-likeness (QED) is 0.303. The molecule has 0 bridgehead atoms. The number of primary amides is 1. The van der Waals surface area contributed by atoms with E-state index < -0.39 is 63.5 Å². The Morgan fingerprint density at radius 3 is 2.41 bits per heavy atom. The summed E-state index contributed by atoms with van der Waals surface area (Å²) in [6.07, 6.45) is 0.0340. The van der Waals surface area contributed by atoms with Gasteiger partial charge in [-0.1, -0.05) is 0 Å². The Balaban J connectivity index is 1.84. The Morgan fingerprint density at radius 2 is 1.84 bits per heavy atom. The number of aromatic hydroxyl groups is 1. The molecule has 11 heteroatoms. The van der Waals surface area contributed by atoms with Crippen LogP contribution in [0, 0.1) is 33.8 Å². The predicted octanol–water partition coefficient (Wildman–Crippen LogP) is -0.865. The largest absolute Gasteiger partial charge is 0.508 e. The van der Waals surface area contributed by atoms with Gasteiger partial charge in [0.15, 0.2) is 28.9 Å². The molecule has 32 heavy (non-hydrogen) atoms. The molecular formula is C21H23N3O8. The maximum atomic E-state index is 13.5. The standard InChI is InChI=1S/C21H23N3O8/c1-23(2)16-12-6-8-5-10-11(14(25)4-3-13(10)24(31)32)7-9(8)18(27)21(12,30)19(28)15(17(16)26)20(22)29/h3-4,8-9,12,15-16,25,30H,5-7H2,1-2H3,(H2,22,29)/t8?,9?,12?,15?,16-,21-/m1/s1. The van der Waals surface area contributed by atoms with E-state index in [1.165, 1.54) is 31.1 Å². The monoisotopic (exact) mass is 445 g/mol. The molecule has 2 saturated carbocycles. The molecule has 2 fully saturated rings. The van der Waals surface area contributed by atoms with Crippen molar-refractivity contribution in [2.75, 3.05) is 14.1 Å². The average molecular weight is 445 g/mol.